The molecule has 0 aromatic heterocycles. The van der Waals surface area contributed by atoms with Gasteiger partial charge in [-0.3, -0.25) is 0 Å². The van der Waals surface area contributed by atoms with Crippen molar-refractivity contribution in [3.05, 3.63) is 28.8 Å². The van der Waals surface area contributed by atoms with E-state index in [2.05, 4.69) is 20.8 Å². The zero-order chi connectivity index (χ0) is 13.3. The summed E-state index contributed by atoms with van der Waals surface area (Å²) in [5, 5.41) is 10.6. The molecule has 0 bridgehead atoms. The molecule has 0 spiro atoms. The molecule has 1 aromatic rings. The summed E-state index contributed by atoms with van der Waals surface area (Å²) in [6, 6.07) is 5.02. The van der Waals surface area contributed by atoms with E-state index in [1.807, 2.05) is 13.8 Å². The largest absolute Gasteiger partial charge is 0.508 e. The third-order valence-corrected chi connectivity index (χ3v) is 3.68. The molecule has 1 N–H and O–H groups in total. The van der Waals surface area contributed by atoms with Gasteiger partial charge in [-0.2, -0.15) is 0 Å². The smallest absolute Gasteiger partial charge is 0.236 e. The van der Waals surface area contributed by atoms with Crippen molar-refractivity contribution in [3.63, 3.8) is 0 Å². The number of aromatic hydroxyl groups is 1. The highest BCUT2D eigenvalue weighted by atomic mass is 35.5. The number of benzene rings is 1. The second-order valence-corrected chi connectivity index (χ2v) is 7.97. The standard InChI is InChI=1S/C13H19ClO2Si/c1-12(2,3)17-16-13(4,5)10-8-9(14)6-7-11(10)15/h6-8,15H,1-5H3. The molecule has 0 fully saturated rings. The lowest BCUT2D eigenvalue weighted by Crippen LogP contribution is -2.27. The summed E-state index contributed by atoms with van der Waals surface area (Å²) in [4.78, 5) is 0. The Labute approximate surface area is 111 Å². The molecule has 0 saturated heterocycles. The molecule has 0 unspecified atom stereocenters. The molecule has 0 amide bonds. The van der Waals surface area contributed by atoms with Crippen molar-refractivity contribution in [2.24, 2.45) is 0 Å². The lowest BCUT2D eigenvalue weighted by Gasteiger charge is -2.30. The first-order chi connectivity index (χ1) is 7.62. The maximum absolute atomic E-state index is 9.86. The van der Waals surface area contributed by atoms with E-state index < -0.39 is 5.60 Å². The van der Waals surface area contributed by atoms with Crippen molar-refractivity contribution < 1.29 is 9.53 Å². The van der Waals surface area contributed by atoms with E-state index in [0.29, 0.717) is 14.8 Å². The van der Waals surface area contributed by atoms with Crippen molar-refractivity contribution in [3.8, 4) is 5.75 Å². The van der Waals surface area contributed by atoms with Gasteiger partial charge < -0.3 is 9.53 Å². The molecule has 2 radical (unpaired) electrons. The van der Waals surface area contributed by atoms with Crippen LogP contribution in [0.3, 0.4) is 0 Å². The molecule has 1 rings (SSSR count). The third-order valence-electron chi connectivity index (χ3n) is 2.22. The highest BCUT2D eigenvalue weighted by Gasteiger charge is 2.27. The lowest BCUT2D eigenvalue weighted by atomic mass is 9.97. The van der Waals surface area contributed by atoms with E-state index >= 15 is 0 Å². The molecular weight excluding hydrogens is 252 g/mol. The molecule has 0 heterocycles. The van der Waals surface area contributed by atoms with E-state index in [1.54, 1.807) is 18.2 Å². The minimum Gasteiger partial charge on any atom is -0.508 e. The first-order valence-electron chi connectivity index (χ1n) is 5.56. The zero-order valence-corrected chi connectivity index (χ0v) is 12.7. The van der Waals surface area contributed by atoms with Gasteiger partial charge in [0.15, 0.2) is 0 Å². The maximum Gasteiger partial charge on any atom is 0.236 e. The molecule has 0 aliphatic carbocycles. The van der Waals surface area contributed by atoms with Gasteiger partial charge in [-0.05, 0) is 37.1 Å². The van der Waals surface area contributed by atoms with E-state index in [9.17, 15) is 5.11 Å². The molecule has 1 aromatic carbocycles. The van der Waals surface area contributed by atoms with Gasteiger partial charge in [0.25, 0.3) is 0 Å². The van der Waals surface area contributed by atoms with Crippen LogP contribution < -0.4 is 0 Å². The predicted molar refractivity (Wildman–Crippen MR) is 72.7 cm³/mol. The molecule has 0 aliphatic rings. The highest BCUT2D eigenvalue weighted by Crippen LogP contribution is 2.35. The minimum absolute atomic E-state index is 0.117. The highest BCUT2D eigenvalue weighted by molar-refractivity contribution is 6.32. The van der Waals surface area contributed by atoms with Crippen LogP contribution in [-0.2, 0) is 10.0 Å². The van der Waals surface area contributed by atoms with E-state index in [-0.39, 0.29) is 10.8 Å². The fourth-order valence-electron chi connectivity index (χ4n) is 1.33. The van der Waals surface area contributed by atoms with Gasteiger partial charge in [0, 0.05) is 10.6 Å². The second-order valence-electron chi connectivity index (χ2n) is 5.63. The Balaban J connectivity index is 2.92. The Morgan fingerprint density at radius 3 is 2.29 bits per heavy atom. The van der Waals surface area contributed by atoms with Crippen LogP contribution in [0.25, 0.3) is 0 Å². The second kappa shape index (κ2) is 5.00. The SMILES string of the molecule is CC(C)(C)[Si]OC(C)(C)c1cc(Cl)ccc1O. The average molecular weight is 271 g/mol. The molecule has 2 nitrogen and oxygen atoms in total. The van der Waals surface area contributed by atoms with Crippen LogP contribution >= 0.6 is 11.6 Å². The van der Waals surface area contributed by atoms with Crippen LogP contribution in [0.15, 0.2) is 18.2 Å². The van der Waals surface area contributed by atoms with Crippen LogP contribution in [0.2, 0.25) is 10.1 Å². The first-order valence-corrected chi connectivity index (χ1v) is 6.85. The zero-order valence-electron chi connectivity index (χ0n) is 11.0. The van der Waals surface area contributed by atoms with Crippen LogP contribution in [0.4, 0.5) is 0 Å². The van der Waals surface area contributed by atoms with E-state index in [0.717, 1.165) is 5.56 Å². The van der Waals surface area contributed by atoms with Crippen LogP contribution in [0, 0.1) is 0 Å². The number of phenols is 1. The van der Waals surface area contributed by atoms with E-state index in [1.165, 1.54) is 0 Å². The van der Waals surface area contributed by atoms with Gasteiger partial charge in [0.2, 0.25) is 9.76 Å². The minimum atomic E-state index is -0.541. The van der Waals surface area contributed by atoms with Gasteiger partial charge in [0.1, 0.15) is 5.75 Å². The summed E-state index contributed by atoms with van der Waals surface area (Å²) in [5.41, 5.74) is 0.183. The average Bonchev–Trinajstić information content (AvgIpc) is 2.18. The molecular formula is C13H19ClO2Si. The Kier molecular flexibility index (Phi) is 4.28. The Morgan fingerprint density at radius 1 is 1.18 bits per heavy atom. The molecule has 0 atom stereocenters. The van der Waals surface area contributed by atoms with Crippen molar-refractivity contribution in [1.82, 2.24) is 0 Å². The number of rotatable bonds is 3. The molecule has 4 heteroatoms. The number of halogens is 1. The molecule has 94 valence electrons. The van der Waals surface area contributed by atoms with Gasteiger partial charge in [-0.15, -0.1) is 0 Å². The monoisotopic (exact) mass is 270 g/mol. The van der Waals surface area contributed by atoms with Crippen LogP contribution in [0.1, 0.15) is 40.2 Å². The van der Waals surface area contributed by atoms with Gasteiger partial charge in [-0.25, -0.2) is 0 Å². The normalized spacial score (nSPS) is 12.8. The Bertz CT molecular complexity index is 397. The lowest BCUT2D eigenvalue weighted by molar-refractivity contribution is 0.106. The van der Waals surface area contributed by atoms with Crippen molar-refractivity contribution in [1.29, 1.82) is 0 Å². The Morgan fingerprint density at radius 2 is 1.76 bits per heavy atom. The number of hydrogen-bond donors (Lipinski definition) is 1. The Hall–Kier alpha value is -0.513. The summed E-state index contributed by atoms with van der Waals surface area (Å²) in [6.45, 7) is 10.3. The quantitative estimate of drug-likeness (QED) is 0.837. The van der Waals surface area contributed by atoms with Crippen molar-refractivity contribution in [2.75, 3.05) is 0 Å². The number of hydrogen-bond acceptors (Lipinski definition) is 2. The summed E-state index contributed by atoms with van der Waals surface area (Å²) >= 11 is 5.95. The van der Waals surface area contributed by atoms with Gasteiger partial charge >= 0.3 is 0 Å². The van der Waals surface area contributed by atoms with Gasteiger partial charge in [0.05, 0.1) is 5.60 Å². The summed E-state index contributed by atoms with van der Waals surface area (Å²) < 4.78 is 5.92. The third kappa shape index (κ3) is 4.34. The van der Waals surface area contributed by atoms with Crippen LogP contribution in [-0.4, -0.2) is 14.9 Å². The maximum atomic E-state index is 9.86. The molecule has 17 heavy (non-hydrogen) atoms. The van der Waals surface area contributed by atoms with Crippen molar-refractivity contribution in [2.45, 2.75) is 45.3 Å². The molecule has 0 saturated carbocycles. The van der Waals surface area contributed by atoms with Crippen molar-refractivity contribution >= 4 is 21.4 Å². The topological polar surface area (TPSA) is 29.5 Å². The fourth-order valence-corrected chi connectivity index (χ4v) is 2.17. The summed E-state index contributed by atoms with van der Waals surface area (Å²) in [5.74, 6) is 0.220. The predicted octanol–water partition coefficient (Wildman–Crippen LogP) is 4.13. The fraction of sp³-hybridized carbons (Fsp3) is 0.538. The first kappa shape index (κ1) is 14.5. The van der Waals surface area contributed by atoms with E-state index in [4.69, 9.17) is 16.0 Å². The molecule has 0 aliphatic heterocycles. The van der Waals surface area contributed by atoms with Crippen LogP contribution in [0.5, 0.6) is 5.75 Å². The van der Waals surface area contributed by atoms with Gasteiger partial charge in [-0.1, -0.05) is 32.4 Å². The summed E-state index contributed by atoms with van der Waals surface area (Å²) in [6.07, 6.45) is 0. The summed E-state index contributed by atoms with van der Waals surface area (Å²) in [7, 11) is 0.357. The number of phenolic OH excluding ortho intramolecular Hbond substituents is 1.